The number of ether oxygens (including phenoxy) is 1. The second-order valence-corrected chi connectivity index (χ2v) is 10.3. The zero-order valence-electron chi connectivity index (χ0n) is 20.1. The van der Waals surface area contributed by atoms with E-state index in [0.717, 1.165) is 6.07 Å². The Morgan fingerprint density at radius 1 is 1.03 bits per heavy atom. The van der Waals surface area contributed by atoms with Crippen molar-refractivity contribution in [3.05, 3.63) is 81.8 Å². The predicted molar refractivity (Wildman–Crippen MR) is 146 cm³/mol. The fraction of sp³-hybridized carbons (Fsp3) is 0.115. The minimum Gasteiger partial charge on any atom is -0.505 e. The highest BCUT2D eigenvalue weighted by molar-refractivity contribution is 7.85. The van der Waals surface area contributed by atoms with Gasteiger partial charge >= 0.3 is 0 Å². The number of phenolic OH excluding ortho intramolecular Hbond substituents is 1. The van der Waals surface area contributed by atoms with E-state index in [1.807, 2.05) is 0 Å². The SMILES string of the molecule is CCc1cc(Cl)c(N=Nc2c(O)c(C(=O)Nc3ccc(OC)c(Cl)c3)cc3ccccc23)cc1S(=O)(=O)O. The minimum absolute atomic E-state index is 0.0370. The molecule has 4 aromatic rings. The van der Waals surface area contributed by atoms with Gasteiger partial charge in [-0.2, -0.15) is 8.42 Å². The van der Waals surface area contributed by atoms with Crippen molar-refractivity contribution in [3.8, 4) is 11.5 Å². The molecule has 0 unspecified atom stereocenters. The Morgan fingerprint density at radius 2 is 1.76 bits per heavy atom. The maximum Gasteiger partial charge on any atom is 0.294 e. The van der Waals surface area contributed by atoms with Gasteiger partial charge in [-0.25, -0.2) is 0 Å². The summed E-state index contributed by atoms with van der Waals surface area (Å²) in [6, 6.07) is 15.6. The summed E-state index contributed by atoms with van der Waals surface area (Å²) in [5.74, 6) is -0.658. The summed E-state index contributed by atoms with van der Waals surface area (Å²) in [6.07, 6.45) is 0.300. The molecule has 0 radical (unpaired) electrons. The molecular formula is C26H21Cl2N3O6S. The zero-order valence-corrected chi connectivity index (χ0v) is 22.4. The first kappa shape index (κ1) is 27.3. The van der Waals surface area contributed by atoms with Gasteiger partial charge in [0.25, 0.3) is 16.0 Å². The van der Waals surface area contributed by atoms with Crippen molar-refractivity contribution >= 4 is 67.1 Å². The minimum atomic E-state index is -4.55. The first-order valence-electron chi connectivity index (χ1n) is 11.1. The molecular weight excluding hydrogens is 553 g/mol. The molecule has 0 aliphatic rings. The smallest absolute Gasteiger partial charge is 0.294 e. The fourth-order valence-corrected chi connectivity index (χ4v) is 5.09. The van der Waals surface area contributed by atoms with Crippen LogP contribution in [-0.4, -0.2) is 31.1 Å². The molecule has 0 aliphatic carbocycles. The normalized spacial score (nSPS) is 11.7. The van der Waals surface area contributed by atoms with Gasteiger partial charge in [0.05, 0.1) is 27.6 Å². The second-order valence-electron chi connectivity index (χ2n) is 8.09. The van der Waals surface area contributed by atoms with E-state index in [-0.39, 0.29) is 31.9 Å². The Balaban J connectivity index is 1.79. The van der Waals surface area contributed by atoms with Gasteiger partial charge < -0.3 is 15.2 Å². The Morgan fingerprint density at radius 3 is 2.42 bits per heavy atom. The van der Waals surface area contributed by atoms with E-state index in [0.29, 0.717) is 34.2 Å². The molecule has 0 aromatic heterocycles. The molecule has 0 spiro atoms. The Bertz CT molecular complexity index is 1710. The van der Waals surface area contributed by atoms with Gasteiger partial charge in [0.2, 0.25) is 0 Å². The summed E-state index contributed by atoms with van der Waals surface area (Å²) in [7, 11) is -3.08. The third kappa shape index (κ3) is 5.58. The number of hydrogen-bond acceptors (Lipinski definition) is 7. The van der Waals surface area contributed by atoms with E-state index in [1.54, 1.807) is 43.3 Å². The molecule has 38 heavy (non-hydrogen) atoms. The van der Waals surface area contributed by atoms with E-state index < -0.39 is 21.8 Å². The Labute approximate surface area is 228 Å². The average Bonchev–Trinajstić information content (AvgIpc) is 2.87. The van der Waals surface area contributed by atoms with Gasteiger partial charge in [0.1, 0.15) is 17.1 Å². The van der Waals surface area contributed by atoms with Crippen LogP contribution in [0.15, 0.2) is 75.8 Å². The van der Waals surface area contributed by atoms with Gasteiger partial charge in [0, 0.05) is 11.1 Å². The molecule has 0 fully saturated rings. The maximum absolute atomic E-state index is 13.1. The molecule has 4 rings (SSSR count). The number of amides is 1. The number of carbonyl (C=O) groups is 1. The number of aromatic hydroxyl groups is 1. The van der Waals surface area contributed by atoms with E-state index >= 15 is 0 Å². The molecule has 196 valence electrons. The topological polar surface area (TPSA) is 138 Å². The summed E-state index contributed by atoms with van der Waals surface area (Å²) >= 11 is 12.4. The lowest BCUT2D eigenvalue weighted by Crippen LogP contribution is -2.12. The highest BCUT2D eigenvalue weighted by atomic mass is 35.5. The molecule has 4 aromatic carbocycles. The van der Waals surface area contributed by atoms with Crippen molar-refractivity contribution in [2.45, 2.75) is 18.2 Å². The highest BCUT2D eigenvalue weighted by Crippen LogP contribution is 2.41. The monoisotopic (exact) mass is 573 g/mol. The number of aryl methyl sites for hydroxylation is 1. The second kappa shape index (κ2) is 11.0. The lowest BCUT2D eigenvalue weighted by molar-refractivity contribution is 0.102. The lowest BCUT2D eigenvalue weighted by Gasteiger charge is -2.12. The van der Waals surface area contributed by atoms with E-state index in [9.17, 15) is 22.9 Å². The number of carbonyl (C=O) groups excluding carboxylic acids is 1. The quantitative estimate of drug-likeness (QED) is 0.156. The molecule has 3 N–H and O–H groups in total. The molecule has 0 heterocycles. The third-order valence-electron chi connectivity index (χ3n) is 5.70. The van der Waals surface area contributed by atoms with Crippen molar-refractivity contribution in [2.24, 2.45) is 10.2 Å². The number of fused-ring (bicyclic) bond motifs is 1. The number of methoxy groups -OCH3 is 1. The van der Waals surface area contributed by atoms with Gasteiger partial charge in [-0.05, 0) is 53.8 Å². The summed E-state index contributed by atoms with van der Waals surface area (Å²) in [5, 5.41) is 23.4. The van der Waals surface area contributed by atoms with Crippen LogP contribution in [0.4, 0.5) is 17.1 Å². The third-order valence-corrected chi connectivity index (χ3v) is 7.23. The number of phenols is 1. The Kier molecular flexibility index (Phi) is 7.89. The number of rotatable bonds is 7. The van der Waals surface area contributed by atoms with Crippen LogP contribution < -0.4 is 10.1 Å². The summed E-state index contributed by atoms with van der Waals surface area (Å²) in [6.45, 7) is 1.71. The number of benzene rings is 4. The van der Waals surface area contributed by atoms with Crippen LogP contribution in [-0.2, 0) is 16.5 Å². The Hall–Kier alpha value is -3.70. The van der Waals surface area contributed by atoms with Crippen molar-refractivity contribution in [1.82, 2.24) is 0 Å². The summed E-state index contributed by atoms with van der Waals surface area (Å²) < 4.78 is 38.4. The fourth-order valence-electron chi connectivity index (χ4n) is 3.82. The number of anilines is 1. The molecule has 0 atom stereocenters. The van der Waals surface area contributed by atoms with Gasteiger partial charge in [-0.3, -0.25) is 9.35 Å². The van der Waals surface area contributed by atoms with E-state index in [4.69, 9.17) is 27.9 Å². The van der Waals surface area contributed by atoms with Crippen molar-refractivity contribution in [2.75, 3.05) is 12.4 Å². The largest absolute Gasteiger partial charge is 0.505 e. The van der Waals surface area contributed by atoms with Gasteiger partial charge in [0.15, 0.2) is 5.75 Å². The van der Waals surface area contributed by atoms with Crippen LogP contribution in [0.5, 0.6) is 11.5 Å². The molecule has 1 amide bonds. The zero-order chi connectivity index (χ0) is 27.6. The van der Waals surface area contributed by atoms with E-state index in [1.165, 1.54) is 25.3 Å². The van der Waals surface area contributed by atoms with Gasteiger partial charge in [-0.15, -0.1) is 10.2 Å². The molecule has 0 saturated carbocycles. The summed E-state index contributed by atoms with van der Waals surface area (Å²) in [4.78, 5) is 12.8. The molecule has 12 heteroatoms. The number of azo groups is 1. The maximum atomic E-state index is 13.1. The molecule has 0 bridgehead atoms. The first-order valence-corrected chi connectivity index (χ1v) is 13.3. The van der Waals surface area contributed by atoms with Crippen LogP contribution in [0, 0.1) is 0 Å². The standard InChI is InChI=1S/C26H21Cl2N3O6S/c1-3-14-11-19(27)21(13-23(14)38(34,35)36)30-31-24-17-7-5-4-6-15(17)10-18(25(24)32)26(33)29-16-8-9-22(37-2)20(28)12-16/h4-13,32H,3H2,1-2H3,(H,29,33)(H,34,35,36). The number of hydrogen-bond donors (Lipinski definition) is 3. The van der Waals surface area contributed by atoms with Crippen molar-refractivity contribution < 1.29 is 27.6 Å². The van der Waals surface area contributed by atoms with Crippen LogP contribution in [0.3, 0.4) is 0 Å². The number of nitrogens with zero attached hydrogens (tertiary/aromatic N) is 2. The molecule has 9 nitrogen and oxygen atoms in total. The van der Waals surface area contributed by atoms with Crippen LogP contribution in [0.2, 0.25) is 10.0 Å². The van der Waals surface area contributed by atoms with Gasteiger partial charge in [-0.1, -0.05) is 54.4 Å². The predicted octanol–water partition coefficient (Wildman–Crippen LogP) is 7.34. The van der Waals surface area contributed by atoms with Crippen LogP contribution >= 0.6 is 23.2 Å². The molecule has 0 saturated heterocycles. The van der Waals surface area contributed by atoms with Crippen molar-refractivity contribution in [3.63, 3.8) is 0 Å². The van der Waals surface area contributed by atoms with Crippen molar-refractivity contribution in [1.29, 1.82) is 0 Å². The first-order chi connectivity index (χ1) is 18.0. The number of nitrogens with one attached hydrogen (secondary N) is 1. The van der Waals surface area contributed by atoms with E-state index in [2.05, 4.69) is 15.5 Å². The average molecular weight is 574 g/mol. The van der Waals surface area contributed by atoms with Crippen LogP contribution in [0.25, 0.3) is 10.8 Å². The molecule has 0 aliphatic heterocycles. The summed E-state index contributed by atoms with van der Waals surface area (Å²) in [5.41, 5.74) is 0.502. The highest BCUT2D eigenvalue weighted by Gasteiger charge is 2.20. The lowest BCUT2D eigenvalue weighted by atomic mass is 10.0. The van der Waals surface area contributed by atoms with Crippen LogP contribution in [0.1, 0.15) is 22.8 Å². The number of halogens is 2.